The molecular formula is C9H16O5. The minimum absolute atomic E-state index is 0.153. The van der Waals surface area contributed by atoms with Gasteiger partial charge in [0.25, 0.3) is 0 Å². The van der Waals surface area contributed by atoms with Gasteiger partial charge < -0.3 is 18.9 Å². The third kappa shape index (κ3) is 4.04. The van der Waals surface area contributed by atoms with Crippen molar-refractivity contribution in [2.24, 2.45) is 0 Å². The lowest BCUT2D eigenvalue weighted by atomic mass is 10.4. The number of carbonyl (C=O) groups excluding carboxylic acids is 1. The summed E-state index contributed by atoms with van der Waals surface area (Å²) in [6.45, 7) is 4.98. The fraction of sp³-hybridized carbons (Fsp3) is 0.889. The van der Waals surface area contributed by atoms with Gasteiger partial charge in [-0.25, -0.2) is 4.79 Å². The lowest BCUT2D eigenvalue weighted by Gasteiger charge is -2.10. The molecule has 1 fully saturated rings. The van der Waals surface area contributed by atoms with Gasteiger partial charge in [-0.05, 0) is 13.8 Å². The summed E-state index contributed by atoms with van der Waals surface area (Å²) in [5, 5.41) is 0. The van der Waals surface area contributed by atoms with Crippen LogP contribution >= 0.6 is 0 Å². The van der Waals surface area contributed by atoms with E-state index in [0.29, 0.717) is 6.61 Å². The molecule has 0 saturated carbocycles. The van der Waals surface area contributed by atoms with E-state index in [0.717, 1.165) is 0 Å². The Morgan fingerprint density at radius 3 is 2.86 bits per heavy atom. The second-order valence-corrected chi connectivity index (χ2v) is 3.23. The molecule has 1 aliphatic rings. The quantitative estimate of drug-likeness (QED) is 0.477. The second kappa shape index (κ2) is 5.95. The van der Waals surface area contributed by atoms with Crippen LogP contribution in [0, 0.1) is 0 Å². The summed E-state index contributed by atoms with van der Waals surface area (Å²) < 4.78 is 19.9. The minimum atomic E-state index is -0.561. The Bertz CT molecular complexity index is 174. The molecule has 0 bridgehead atoms. The third-order valence-electron chi connectivity index (χ3n) is 1.66. The molecule has 5 heteroatoms. The molecule has 1 rings (SSSR count). The molecule has 0 amide bonds. The van der Waals surface area contributed by atoms with Crippen molar-refractivity contribution < 1.29 is 23.7 Å². The van der Waals surface area contributed by atoms with E-state index in [9.17, 15) is 4.79 Å². The first-order valence-corrected chi connectivity index (χ1v) is 4.67. The third-order valence-corrected chi connectivity index (χ3v) is 1.66. The normalized spacial score (nSPS) is 21.5. The summed E-state index contributed by atoms with van der Waals surface area (Å²) >= 11 is 0. The largest absolute Gasteiger partial charge is 0.461 e. The summed E-state index contributed by atoms with van der Waals surface area (Å²) in [5.41, 5.74) is 0. The lowest BCUT2D eigenvalue weighted by Crippen LogP contribution is -2.26. The van der Waals surface area contributed by atoms with Crippen molar-refractivity contribution in [3.8, 4) is 0 Å². The molecule has 0 aromatic carbocycles. The molecule has 14 heavy (non-hydrogen) atoms. The Balaban J connectivity index is 2.03. The maximum absolute atomic E-state index is 11.2. The first kappa shape index (κ1) is 11.4. The fourth-order valence-corrected chi connectivity index (χ4v) is 0.989. The Morgan fingerprint density at radius 2 is 2.29 bits per heavy atom. The number of hydrogen-bond acceptors (Lipinski definition) is 5. The lowest BCUT2D eigenvalue weighted by molar-refractivity contribution is -0.155. The SMILES string of the molecule is CC(C)OCCOC(=O)C1COCO1. The first-order valence-electron chi connectivity index (χ1n) is 4.67. The van der Waals surface area contributed by atoms with E-state index < -0.39 is 6.10 Å². The molecule has 0 radical (unpaired) electrons. The van der Waals surface area contributed by atoms with Gasteiger partial charge in [0.05, 0.1) is 19.3 Å². The number of carbonyl (C=O) groups is 1. The van der Waals surface area contributed by atoms with Crippen LogP contribution in [0.15, 0.2) is 0 Å². The Morgan fingerprint density at radius 1 is 1.50 bits per heavy atom. The fourth-order valence-electron chi connectivity index (χ4n) is 0.989. The van der Waals surface area contributed by atoms with Gasteiger partial charge in [-0.1, -0.05) is 0 Å². The van der Waals surface area contributed by atoms with Gasteiger partial charge in [-0.2, -0.15) is 0 Å². The number of hydrogen-bond donors (Lipinski definition) is 0. The predicted molar refractivity (Wildman–Crippen MR) is 47.7 cm³/mol. The van der Waals surface area contributed by atoms with Crippen molar-refractivity contribution in [3.05, 3.63) is 0 Å². The molecule has 0 aromatic heterocycles. The van der Waals surface area contributed by atoms with Crippen LogP contribution in [-0.2, 0) is 23.7 Å². The van der Waals surface area contributed by atoms with Gasteiger partial charge in [-0.15, -0.1) is 0 Å². The molecule has 1 heterocycles. The van der Waals surface area contributed by atoms with Crippen molar-refractivity contribution >= 4 is 5.97 Å². The van der Waals surface area contributed by atoms with Crippen LogP contribution in [0.25, 0.3) is 0 Å². The van der Waals surface area contributed by atoms with E-state index in [1.54, 1.807) is 0 Å². The van der Waals surface area contributed by atoms with E-state index in [-0.39, 0.29) is 32.1 Å². The number of ether oxygens (including phenoxy) is 4. The van der Waals surface area contributed by atoms with Gasteiger partial charge in [0.2, 0.25) is 0 Å². The Labute approximate surface area is 83.3 Å². The molecule has 0 aliphatic carbocycles. The second-order valence-electron chi connectivity index (χ2n) is 3.23. The van der Waals surface area contributed by atoms with Crippen LogP contribution in [0.5, 0.6) is 0 Å². The molecule has 1 atom stereocenters. The molecule has 1 unspecified atom stereocenters. The highest BCUT2D eigenvalue weighted by atomic mass is 16.7. The van der Waals surface area contributed by atoms with Gasteiger partial charge in [0, 0.05) is 0 Å². The molecular weight excluding hydrogens is 188 g/mol. The average molecular weight is 204 g/mol. The van der Waals surface area contributed by atoms with E-state index >= 15 is 0 Å². The maximum atomic E-state index is 11.2. The van der Waals surface area contributed by atoms with Crippen LogP contribution in [0.2, 0.25) is 0 Å². The number of esters is 1. The highest BCUT2D eigenvalue weighted by molar-refractivity contribution is 5.75. The minimum Gasteiger partial charge on any atom is -0.461 e. The highest BCUT2D eigenvalue weighted by Gasteiger charge is 2.25. The van der Waals surface area contributed by atoms with Crippen molar-refractivity contribution in [1.29, 1.82) is 0 Å². The monoisotopic (exact) mass is 204 g/mol. The van der Waals surface area contributed by atoms with E-state index in [1.807, 2.05) is 13.8 Å². The van der Waals surface area contributed by atoms with Crippen molar-refractivity contribution in [3.63, 3.8) is 0 Å². The Kier molecular flexibility index (Phi) is 4.86. The van der Waals surface area contributed by atoms with E-state index in [1.165, 1.54) is 0 Å². The van der Waals surface area contributed by atoms with Gasteiger partial charge >= 0.3 is 5.97 Å². The smallest absolute Gasteiger partial charge is 0.337 e. The summed E-state index contributed by atoms with van der Waals surface area (Å²) in [5.74, 6) is -0.380. The zero-order valence-corrected chi connectivity index (χ0v) is 8.52. The first-order chi connectivity index (χ1) is 6.70. The standard InChI is InChI=1S/C9H16O5/c1-7(2)12-3-4-13-9(10)8-5-11-6-14-8/h7-8H,3-6H2,1-2H3. The van der Waals surface area contributed by atoms with Crippen molar-refractivity contribution in [2.45, 2.75) is 26.1 Å². The maximum Gasteiger partial charge on any atom is 0.337 e. The molecule has 0 N–H and O–H groups in total. The summed E-state index contributed by atoms with van der Waals surface area (Å²) in [6.07, 6.45) is -0.409. The summed E-state index contributed by atoms with van der Waals surface area (Å²) in [7, 11) is 0. The average Bonchev–Trinajstić information content (AvgIpc) is 2.64. The van der Waals surface area contributed by atoms with E-state index in [2.05, 4.69) is 0 Å². The van der Waals surface area contributed by atoms with Crippen molar-refractivity contribution in [2.75, 3.05) is 26.6 Å². The van der Waals surface area contributed by atoms with Gasteiger partial charge in [0.1, 0.15) is 13.4 Å². The zero-order chi connectivity index (χ0) is 10.4. The molecule has 1 saturated heterocycles. The molecule has 0 aromatic rings. The van der Waals surface area contributed by atoms with Crippen LogP contribution in [0.1, 0.15) is 13.8 Å². The van der Waals surface area contributed by atoms with Crippen molar-refractivity contribution in [1.82, 2.24) is 0 Å². The van der Waals surface area contributed by atoms with Crippen LogP contribution in [0.4, 0.5) is 0 Å². The van der Waals surface area contributed by atoms with E-state index in [4.69, 9.17) is 18.9 Å². The molecule has 0 spiro atoms. The summed E-state index contributed by atoms with van der Waals surface area (Å²) in [4.78, 5) is 11.2. The number of rotatable bonds is 5. The van der Waals surface area contributed by atoms with Crippen LogP contribution < -0.4 is 0 Å². The molecule has 82 valence electrons. The molecule has 1 aliphatic heterocycles. The van der Waals surface area contributed by atoms with Gasteiger partial charge in [0.15, 0.2) is 6.10 Å². The van der Waals surface area contributed by atoms with Gasteiger partial charge in [-0.3, -0.25) is 0 Å². The zero-order valence-electron chi connectivity index (χ0n) is 8.52. The summed E-state index contributed by atoms with van der Waals surface area (Å²) in [6, 6.07) is 0. The highest BCUT2D eigenvalue weighted by Crippen LogP contribution is 2.04. The Hall–Kier alpha value is -0.650. The predicted octanol–water partition coefficient (Wildman–Crippen LogP) is 0.327. The van der Waals surface area contributed by atoms with Crippen LogP contribution in [0.3, 0.4) is 0 Å². The topological polar surface area (TPSA) is 54.0 Å². The molecule has 5 nitrogen and oxygen atoms in total. The van der Waals surface area contributed by atoms with Crippen LogP contribution in [-0.4, -0.2) is 44.8 Å².